The summed E-state index contributed by atoms with van der Waals surface area (Å²) in [6.07, 6.45) is 0. The van der Waals surface area contributed by atoms with E-state index in [1.807, 2.05) is 13.1 Å². The highest BCUT2D eigenvalue weighted by atomic mass is 32.1. The molecule has 22 heavy (non-hydrogen) atoms. The third-order valence-corrected chi connectivity index (χ3v) is 3.87. The van der Waals surface area contributed by atoms with Crippen LogP contribution in [0.25, 0.3) is 0 Å². The topological polar surface area (TPSA) is 76.6 Å². The van der Waals surface area contributed by atoms with E-state index < -0.39 is 5.91 Å². The lowest BCUT2D eigenvalue weighted by Crippen LogP contribution is -3.08. The minimum Gasteiger partial charge on any atom is -0.366 e. The van der Waals surface area contributed by atoms with Crippen molar-refractivity contribution in [2.75, 3.05) is 18.9 Å². The van der Waals surface area contributed by atoms with E-state index in [4.69, 9.17) is 5.73 Å². The summed E-state index contributed by atoms with van der Waals surface area (Å²) in [7, 11) is 1.84. The van der Waals surface area contributed by atoms with Crippen LogP contribution in [0.2, 0.25) is 0 Å². The Morgan fingerprint density at radius 2 is 2.14 bits per heavy atom. The van der Waals surface area contributed by atoms with Gasteiger partial charge in [0, 0.05) is 5.56 Å². The standard InChI is InChI=1S/C15H16FN3O2S/c1-19(8-10-3-2-4-11(16)7-10)9-13(20)18-15-12(14(17)21)5-6-22-15/h2-7H,8-9H2,1H3,(H2,17,21)(H,18,20)/p+1. The first-order chi connectivity index (χ1) is 10.5. The molecule has 4 N–H and O–H groups in total. The maximum Gasteiger partial charge on any atom is 0.280 e. The van der Waals surface area contributed by atoms with Crippen LogP contribution in [0, 0.1) is 5.82 Å². The minimum absolute atomic E-state index is 0.201. The number of anilines is 1. The first-order valence-electron chi connectivity index (χ1n) is 6.68. The maximum atomic E-state index is 13.1. The lowest BCUT2D eigenvalue weighted by molar-refractivity contribution is -0.885. The van der Waals surface area contributed by atoms with E-state index in [2.05, 4.69) is 5.32 Å². The fourth-order valence-electron chi connectivity index (χ4n) is 2.10. The average molecular weight is 322 g/mol. The molecule has 1 aromatic heterocycles. The molecular formula is C15H17FN3O2S+. The van der Waals surface area contributed by atoms with Crippen LogP contribution in [-0.2, 0) is 11.3 Å². The van der Waals surface area contributed by atoms with Gasteiger partial charge in [-0.15, -0.1) is 11.3 Å². The Morgan fingerprint density at radius 3 is 2.82 bits per heavy atom. The lowest BCUT2D eigenvalue weighted by Gasteiger charge is -2.13. The Balaban J connectivity index is 1.91. The van der Waals surface area contributed by atoms with Crippen molar-refractivity contribution in [2.24, 2.45) is 5.73 Å². The summed E-state index contributed by atoms with van der Waals surface area (Å²) in [5, 5.41) is 4.83. The van der Waals surface area contributed by atoms with Crippen molar-refractivity contribution in [1.82, 2.24) is 0 Å². The predicted molar refractivity (Wildman–Crippen MR) is 83.3 cm³/mol. The quantitative estimate of drug-likeness (QED) is 0.730. The molecule has 0 aliphatic carbocycles. The number of quaternary nitrogens is 1. The molecule has 0 aliphatic heterocycles. The van der Waals surface area contributed by atoms with Crippen molar-refractivity contribution in [1.29, 1.82) is 0 Å². The third-order valence-electron chi connectivity index (χ3n) is 3.04. The van der Waals surface area contributed by atoms with Gasteiger partial charge in [0.2, 0.25) is 0 Å². The van der Waals surface area contributed by atoms with E-state index >= 15 is 0 Å². The number of benzene rings is 1. The molecule has 1 atom stereocenters. The van der Waals surface area contributed by atoms with Crippen molar-refractivity contribution in [2.45, 2.75) is 6.54 Å². The van der Waals surface area contributed by atoms with Crippen LogP contribution in [0.5, 0.6) is 0 Å². The number of carbonyl (C=O) groups excluding carboxylic acids is 2. The van der Waals surface area contributed by atoms with Crippen LogP contribution in [0.1, 0.15) is 15.9 Å². The Hall–Kier alpha value is -2.25. The van der Waals surface area contributed by atoms with E-state index in [1.54, 1.807) is 17.5 Å². The van der Waals surface area contributed by atoms with Gasteiger partial charge < -0.3 is 16.0 Å². The molecule has 2 amide bonds. The molecule has 0 fully saturated rings. The molecule has 1 aromatic carbocycles. The number of nitrogens with one attached hydrogen (secondary N) is 2. The lowest BCUT2D eigenvalue weighted by atomic mass is 10.2. The van der Waals surface area contributed by atoms with Crippen molar-refractivity contribution in [3.8, 4) is 0 Å². The molecule has 0 radical (unpaired) electrons. The highest BCUT2D eigenvalue weighted by Gasteiger charge is 2.15. The van der Waals surface area contributed by atoms with Crippen molar-refractivity contribution in [3.05, 3.63) is 52.7 Å². The molecule has 0 aliphatic rings. The van der Waals surface area contributed by atoms with Gasteiger partial charge in [0.15, 0.2) is 6.54 Å². The van der Waals surface area contributed by atoms with Crippen LogP contribution in [-0.4, -0.2) is 25.4 Å². The van der Waals surface area contributed by atoms with Gasteiger partial charge in [-0.2, -0.15) is 0 Å². The number of likely N-dealkylation sites (N-methyl/N-ethyl adjacent to an activating group) is 1. The molecule has 0 bridgehead atoms. The summed E-state index contributed by atoms with van der Waals surface area (Å²) >= 11 is 1.25. The summed E-state index contributed by atoms with van der Waals surface area (Å²) in [4.78, 5) is 24.1. The Labute approximate surface area is 131 Å². The van der Waals surface area contributed by atoms with Crippen LogP contribution in [0.4, 0.5) is 9.39 Å². The molecule has 1 unspecified atom stereocenters. The van der Waals surface area contributed by atoms with Crippen molar-refractivity contribution < 1.29 is 18.9 Å². The normalized spacial score (nSPS) is 11.9. The van der Waals surface area contributed by atoms with Crippen LogP contribution >= 0.6 is 11.3 Å². The van der Waals surface area contributed by atoms with Gasteiger partial charge in [-0.1, -0.05) is 12.1 Å². The van der Waals surface area contributed by atoms with E-state index in [0.717, 1.165) is 10.5 Å². The predicted octanol–water partition coefficient (Wildman–Crippen LogP) is 0.639. The van der Waals surface area contributed by atoms with Crippen molar-refractivity contribution in [3.63, 3.8) is 0 Å². The average Bonchev–Trinajstić information content (AvgIpc) is 2.86. The van der Waals surface area contributed by atoms with E-state index in [1.165, 1.54) is 23.5 Å². The smallest absolute Gasteiger partial charge is 0.280 e. The summed E-state index contributed by atoms with van der Waals surface area (Å²) in [5.41, 5.74) is 6.35. The monoisotopic (exact) mass is 322 g/mol. The second kappa shape index (κ2) is 7.15. The molecule has 2 aromatic rings. The Bertz CT molecular complexity index is 687. The second-order valence-corrected chi connectivity index (χ2v) is 5.93. The molecular weight excluding hydrogens is 305 g/mol. The molecule has 0 saturated carbocycles. The summed E-state index contributed by atoms with van der Waals surface area (Å²) < 4.78 is 13.1. The number of primary amides is 1. The van der Waals surface area contributed by atoms with Gasteiger partial charge in [-0.05, 0) is 23.6 Å². The van der Waals surface area contributed by atoms with Crippen molar-refractivity contribution >= 4 is 28.2 Å². The Morgan fingerprint density at radius 1 is 1.36 bits per heavy atom. The third kappa shape index (κ3) is 4.37. The number of halogens is 1. The number of amides is 2. The fraction of sp³-hybridized carbons (Fsp3) is 0.200. The minimum atomic E-state index is -0.572. The number of rotatable bonds is 6. The van der Waals surface area contributed by atoms with Gasteiger partial charge in [0.25, 0.3) is 11.8 Å². The summed E-state index contributed by atoms with van der Waals surface area (Å²) in [5.74, 6) is -1.09. The molecule has 1 heterocycles. The van der Waals surface area contributed by atoms with E-state index in [9.17, 15) is 14.0 Å². The first kappa shape index (κ1) is 16.1. The molecule has 0 spiro atoms. The molecule has 116 valence electrons. The van der Waals surface area contributed by atoms with Gasteiger partial charge in [0.05, 0.1) is 12.6 Å². The SMILES string of the molecule is C[NH+](CC(=O)Nc1sccc1C(N)=O)Cc1cccc(F)c1. The molecule has 7 heteroatoms. The number of carbonyl (C=O) groups is 2. The largest absolute Gasteiger partial charge is 0.366 e. The van der Waals surface area contributed by atoms with E-state index in [-0.39, 0.29) is 18.3 Å². The Kier molecular flexibility index (Phi) is 5.24. The summed E-state index contributed by atoms with van der Waals surface area (Å²) in [6.45, 7) is 0.727. The van der Waals surface area contributed by atoms with Gasteiger partial charge in [0.1, 0.15) is 17.4 Å². The number of hydrogen-bond donors (Lipinski definition) is 3. The number of nitrogens with two attached hydrogens (primary N) is 1. The second-order valence-electron chi connectivity index (χ2n) is 5.02. The zero-order valence-electron chi connectivity index (χ0n) is 12.1. The molecule has 5 nitrogen and oxygen atoms in total. The van der Waals surface area contributed by atoms with Gasteiger partial charge in [-0.25, -0.2) is 4.39 Å². The zero-order chi connectivity index (χ0) is 16.1. The van der Waals surface area contributed by atoms with Crippen LogP contribution in [0.3, 0.4) is 0 Å². The molecule has 2 rings (SSSR count). The van der Waals surface area contributed by atoms with E-state index in [0.29, 0.717) is 17.1 Å². The zero-order valence-corrected chi connectivity index (χ0v) is 12.9. The maximum absolute atomic E-state index is 13.1. The van der Waals surface area contributed by atoms with Crippen LogP contribution in [0.15, 0.2) is 35.7 Å². The fourth-order valence-corrected chi connectivity index (χ4v) is 2.91. The summed E-state index contributed by atoms with van der Waals surface area (Å²) in [6, 6.07) is 7.86. The van der Waals surface area contributed by atoms with Crippen LogP contribution < -0.4 is 16.0 Å². The van der Waals surface area contributed by atoms with Gasteiger partial charge in [-0.3, -0.25) is 9.59 Å². The number of hydrogen-bond acceptors (Lipinski definition) is 3. The molecule has 0 saturated heterocycles. The highest BCUT2D eigenvalue weighted by molar-refractivity contribution is 7.14. The first-order valence-corrected chi connectivity index (χ1v) is 7.56. The van der Waals surface area contributed by atoms with Gasteiger partial charge >= 0.3 is 0 Å². The highest BCUT2D eigenvalue weighted by Crippen LogP contribution is 2.22. The number of thiophene rings is 1.